The van der Waals surface area contributed by atoms with E-state index in [0.717, 1.165) is 0 Å². The van der Waals surface area contributed by atoms with Gasteiger partial charge in [0.25, 0.3) is 5.91 Å². The molecule has 8 heteroatoms. The highest BCUT2D eigenvalue weighted by molar-refractivity contribution is 5.95. The number of nitrogens with one attached hydrogen (secondary N) is 2. The van der Waals surface area contributed by atoms with Gasteiger partial charge in [0, 0.05) is 5.56 Å². The van der Waals surface area contributed by atoms with Crippen LogP contribution in [0, 0.1) is 0 Å². The number of nitrogen functional groups attached to an aromatic ring is 1. The molecule has 0 aliphatic heterocycles. The van der Waals surface area contributed by atoms with Gasteiger partial charge in [-0.05, 0) is 31.2 Å². The van der Waals surface area contributed by atoms with E-state index in [4.69, 9.17) is 15.2 Å². The fourth-order valence-corrected chi connectivity index (χ4v) is 1.66. The summed E-state index contributed by atoms with van der Waals surface area (Å²) < 4.78 is 10.3. The van der Waals surface area contributed by atoms with Gasteiger partial charge in [0.05, 0.1) is 13.7 Å². The van der Waals surface area contributed by atoms with Gasteiger partial charge in [0.15, 0.2) is 5.82 Å². The third-order valence-corrected chi connectivity index (χ3v) is 2.78. The normalized spacial score (nSPS) is 9.91. The average molecular weight is 303 g/mol. The number of hydrazine groups is 1. The molecule has 8 nitrogen and oxygen atoms in total. The fourth-order valence-electron chi connectivity index (χ4n) is 1.66. The number of rotatable bonds is 6. The van der Waals surface area contributed by atoms with Gasteiger partial charge < -0.3 is 15.2 Å². The van der Waals surface area contributed by atoms with Gasteiger partial charge in [-0.15, -0.1) is 0 Å². The molecule has 4 N–H and O–H groups in total. The molecule has 0 spiro atoms. The molecule has 0 radical (unpaired) electrons. The zero-order valence-electron chi connectivity index (χ0n) is 12.3. The molecular formula is C14H17N5O3. The van der Waals surface area contributed by atoms with Crippen molar-refractivity contribution in [1.29, 1.82) is 0 Å². The minimum absolute atomic E-state index is 0.222. The Morgan fingerprint density at radius 3 is 2.64 bits per heavy atom. The standard InChI is InChI=1S/C14H17N5O3/c1-3-22-14-11(15)12(16-8-17-14)18-19-13(20)9-4-6-10(21-2)7-5-9/h4-8H,3,15H2,1-2H3,(H,19,20)(H,16,17,18). The maximum atomic E-state index is 12.0. The van der Waals surface area contributed by atoms with Crippen LogP contribution >= 0.6 is 0 Å². The Morgan fingerprint density at radius 2 is 2.00 bits per heavy atom. The summed E-state index contributed by atoms with van der Waals surface area (Å²) in [5, 5.41) is 0. The lowest BCUT2D eigenvalue weighted by molar-refractivity contribution is 0.0962. The number of ether oxygens (including phenoxy) is 2. The number of nitrogens with zero attached hydrogens (tertiary/aromatic N) is 2. The van der Waals surface area contributed by atoms with Crippen molar-refractivity contribution in [1.82, 2.24) is 15.4 Å². The van der Waals surface area contributed by atoms with E-state index in [-0.39, 0.29) is 23.3 Å². The lowest BCUT2D eigenvalue weighted by atomic mass is 10.2. The summed E-state index contributed by atoms with van der Waals surface area (Å²) in [5.74, 6) is 0.864. The van der Waals surface area contributed by atoms with Crippen molar-refractivity contribution < 1.29 is 14.3 Å². The number of aromatic nitrogens is 2. The first-order chi connectivity index (χ1) is 10.7. The molecule has 0 aliphatic rings. The van der Waals surface area contributed by atoms with Crippen molar-refractivity contribution in [3.8, 4) is 11.6 Å². The Labute approximate surface area is 127 Å². The second kappa shape index (κ2) is 7.11. The SMILES string of the molecule is CCOc1ncnc(NNC(=O)c2ccc(OC)cc2)c1N. The molecular weight excluding hydrogens is 286 g/mol. The first kappa shape index (κ1) is 15.4. The van der Waals surface area contributed by atoms with E-state index < -0.39 is 0 Å². The van der Waals surface area contributed by atoms with E-state index in [2.05, 4.69) is 20.8 Å². The summed E-state index contributed by atoms with van der Waals surface area (Å²) in [4.78, 5) is 19.9. The van der Waals surface area contributed by atoms with Crippen LogP contribution in [0.4, 0.5) is 11.5 Å². The molecule has 1 heterocycles. The highest BCUT2D eigenvalue weighted by atomic mass is 16.5. The highest BCUT2D eigenvalue weighted by Gasteiger charge is 2.10. The highest BCUT2D eigenvalue weighted by Crippen LogP contribution is 2.23. The summed E-state index contributed by atoms with van der Waals surface area (Å²) in [6.07, 6.45) is 1.29. The first-order valence-electron chi connectivity index (χ1n) is 6.59. The number of carbonyl (C=O) groups is 1. The number of hydrogen-bond acceptors (Lipinski definition) is 7. The molecule has 2 aromatic rings. The molecule has 116 valence electrons. The van der Waals surface area contributed by atoms with Crippen LogP contribution in [-0.2, 0) is 0 Å². The second-order valence-electron chi connectivity index (χ2n) is 4.18. The topological polar surface area (TPSA) is 111 Å². The van der Waals surface area contributed by atoms with Crippen LogP contribution in [-0.4, -0.2) is 29.6 Å². The number of methoxy groups -OCH3 is 1. The van der Waals surface area contributed by atoms with Gasteiger partial charge in [-0.2, -0.15) is 4.98 Å². The minimum atomic E-state index is -0.335. The van der Waals surface area contributed by atoms with Crippen molar-refractivity contribution in [2.75, 3.05) is 24.9 Å². The fraction of sp³-hybridized carbons (Fsp3) is 0.214. The third-order valence-electron chi connectivity index (χ3n) is 2.78. The quantitative estimate of drug-likeness (QED) is 0.688. The van der Waals surface area contributed by atoms with Crippen LogP contribution in [0.1, 0.15) is 17.3 Å². The van der Waals surface area contributed by atoms with Gasteiger partial charge in [-0.1, -0.05) is 0 Å². The second-order valence-corrected chi connectivity index (χ2v) is 4.18. The molecule has 2 rings (SSSR count). The summed E-state index contributed by atoms with van der Waals surface area (Å²) in [5.41, 5.74) is 11.7. The van der Waals surface area contributed by atoms with Crippen molar-refractivity contribution >= 4 is 17.4 Å². The molecule has 1 aromatic heterocycles. The Balaban J connectivity index is 2.02. The number of carbonyl (C=O) groups excluding carboxylic acids is 1. The number of benzene rings is 1. The van der Waals surface area contributed by atoms with E-state index in [1.54, 1.807) is 31.4 Å². The van der Waals surface area contributed by atoms with Gasteiger partial charge in [-0.25, -0.2) is 4.98 Å². The third kappa shape index (κ3) is 3.54. The summed E-state index contributed by atoms with van der Waals surface area (Å²) in [7, 11) is 1.56. The predicted molar refractivity (Wildman–Crippen MR) is 81.7 cm³/mol. The van der Waals surface area contributed by atoms with E-state index in [1.807, 2.05) is 6.92 Å². The largest absolute Gasteiger partial charge is 0.497 e. The van der Waals surface area contributed by atoms with E-state index in [1.165, 1.54) is 6.33 Å². The van der Waals surface area contributed by atoms with Gasteiger partial charge in [0.1, 0.15) is 17.8 Å². The van der Waals surface area contributed by atoms with Crippen LogP contribution in [0.25, 0.3) is 0 Å². The molecule has 0 aliphatic carbocycles. The zero-order chi connectivity index (χ0) is 15.9. The molecule has 0 bridgehead atoms. The number of amides is 1. The number of nitrogens with two attached hydrogens (primary N) is 1. The molecule has 0 saturated carbocycles. The molecule has 0 atom stereocenters. The summed E-state index contributed by atoms with van der Waals surface area (Å²) >= 11 is 0. The Morgan fingerprint density at radius 1 is 1.27 bits per heavy atom. The summed E-state index contributed by atoms with van der Waals surface area (Å²) in [6.45, 7) is 2.25. The van der Waals surface area contributed by atoms with E-state index in [9.17, 15) is 4.79 Å². The zero-order valence-corrected chi connectivity index (χ0v) is 12.3. The van der Waals surface area contributed by atoms with Crippen LogP contribution < -0.4 is 26.1 Å². The number of hydrogen-bond donors (Lipinski definition) is 3. The van der Waals surface area contributed by atoms with Gasteiger partial charge in [0.2, 0.25) is 5.88 Å². The smallest absolute Gasteiger partial charge is 0.269 e. The van der Waals surface area contributed by atoms with Gasteiger partial charge >= 0.3 is 0 Å². The average Bonchev–Trinajstić information content (AvgIpc) is 2.55. The van der Waals surface area contributed by atoms with Gasteiger partial charge in [-0.3, -0.25) is 15.6 Å². The van der Waals surface area contributed by atoms with Crippen LogP contribution in [0.3, 0.4) is 0 Å². The minimum Gasteiger partial charge on any atom is -0.497 e. The van der Waals surface area contributed by atoms with Crippen LogP contribution in [0.15, 0.2) is 30.6 Å². The molecule has 0 fully saturated rings. The van der Waals surface area contributed by atoms with Crippen LogP contribution in [0.5, 0.6) is 11.6 Å². The molecule has 0 saturated heterocycles. The maximum Gasteiger partial charge on any atom is 0.269 e. The van der Waals surface area contributed by atoms with Crippen molar-refractivity contribution in [2.24, 2.45) is 0 Å². The Kier molecular flexibility index (Phi) is 4.97. The van der Waals surface area contributed by atoms with Crippen LogP contribution in [0.2, 0.25) is 0 Å². The van der Waals surface area contributed by atoms with E-state index >= 15 is 0 Å². The molecule has 1 amide bonds. The Bertz CT molecular complexity index is 645. The lowest BCUT2D eigenvalue weighted by Crippen LogP contribution is -2.30. The lowest BCUT2D eigenvalue weighted by Gasteiger charge is -2.12. The summed E-state index contributed by atoms with van der Waals surface area (Å²) in [6, 6.07) is 6.68. The maximum absolute atomic E-state index is 12.0. The Hall–Kier alpha value is -3.03. The first-order valence-corrected chi connectivity index (χ1v) is 6.59. The predicted octanol–water partition coefficient (Wildman–Crippen LogP) is 1.22. The van der Waals surface area contributed by atoms with Crippen molar-refractivity contribution in [2.45, 2.75) is 6.92 Å². The molecule has 22 heavy (non-hydrogen) atoms. The monoisotopic (exact) mass is 303 g/mol. The van der Waals surface area contributed by atoms with Crippen molar-refractivity contribution in [3.63, 3.8) is 0 Å². The number of anilines is 2. The molecule has 0 unspecified atom stereocenters. The van der Waals surface area contributed by atoms with Crippen molar-refractivity contribution in [3.05, 3.63) is 36.2 Å². The molecule has 1 aromatic carbocycles. The van der Waals surface area contributed by atoms with E-state index in [0.29, 0.717) is 17.9 Å².